The average Bonchev–Trinajstić information content (AvgIpc) is 3.14. The van der Waals surface area contributed by atoms with Crippen LogP contribution in [0.1, 0.15) is 19.0 Å². The number of benzene rings is 3. The van der Waals surface area contributed by atoms with E-state index in [0.717, 1.165) is 46.6 Å². The van der Waals surface area contributed by atoms with Gasteiger partial charge in [0.2, 0.25) is 10.0 Å². The summed E-state index contributed by atoms with van der Waals surface area (Å²) in [7, 11) is -3.80. The zero-order valence-electron chi connectivity index (χ0n) is 17.0. The number of halogens is 1. The minimum atomic E-state index is -3.80. The zero-order chi connectivity index (χ0) is 22.0. The summed E-state index contributed by atoms with van der Waals surface area (Å²) in [6.07, 6.45) is 1.64. The number of nitrogens with zero attached hydrogens (tertiary/aromatic N) is 2. The summed E-state index contributed by atoms with van der Waals surface area (Å²) in [5.74, 6) is -0.310. The largest absolute Gasteiger partial charge is 0.238 e. The Bertz CT molecular complexity index is 1300. The lowest BCUT2D eigenvalue weighted by atomic mass is 9.97. The molecular formula is C24H22FN3O2S. The monoisotopic (exact) mass is 435 g/mol. The van der Waals surface area contributed by atoms with Crippen LogP contribution in [0.4, 0.5) is 4.39 Å². The number of hydrogen-bond donors (Lipinski definition) is 1. The third-order valence-electron chi connectivity index (χ3n) is 5.03. The normalized spacial score (nSPS) is 11.6. The van der Waals surface area contributed by atoms with Gasteiger partial charge in [0, 0.05) is 11.1 Å². The minimum absolute atomic E-state index is 0.0409. The van der Waals surface area contributed by atoms with Crippen LogP contribution >= 0.6 is 0 Å². The van der Waals surface area contributed by atoms with E-state index in [4.69, 9.17) is 10.2 Å². The molecule has 0 aliphatic rings. The van der Waals surface area contributed by atoms with Crippen LogP contribution in [0.2, 0.25) is 0 Å². The van der Waals surface area contributed by atoms with Gasteiger partial charge in [0.1, 0.15) is 5.82 Å². The van der Waals surface area contributed by atoms with Gasteiger partial charge in [0.15, 0.2) is 0 Å². The van der Waals surface area contributed by atoms with Crippen LogP contribution in [-0.4, -0.2) is 18.2 Å². The highest BCUT2D eigenvalue weighted by Crippen LogP contribution is 2.37. The van der Waals surface area contributed by atoms with E-state index in [-0.39, 0.29) is 10.7 Å². The van der Waals surface area contributed by atoms with Crippen molar-refractivity contribution in [2.24, 2.45) is 5.14 Å². The van der Waals surface area contributed by atoms with E-state index in [2.05, 4.69) is 6.92 Å². The maximum Gasteiger partial charge on any atom is 0.238 e. The molecule has 4 aromatic rings. The van der Waals surface area contributed by atoms with E-state index in [9.17, 15) is 12.8 Å². The number of primary sulfonamides is 1. The van der Waals surface area contributed by atoms with Crippen molar-refractivity contribution >= 4 is 10.0 Å². The average molecular weight is 436 g/mol. The Kier molecular flexibility index (Phi) is 5.71. The summed E-state index contributed by atoms with van der Waals surface area (Å²) < 4.78 is 38.9. The van der Waals surface area contributed by atoms with E-state index < -0.39 is 10.0 Å². The van der Waals surface area contributed by atoms with Crippen LogP contribution in [0.15, 0.2) is 83.8 Å². The van der Waals surface area contributed by atoms with Gasteiger partial charge in [0.25, 0.3) is 0 Å². The molecule has 4 rings (SSSR count). The summed E-state index contributed by atoms with van der Waals surface area (Å²) in [4.78, 5) is 0.0409. The smallest absolute Gasteiger partial charge is 0.232 e. The second-order valence-electron chi connectivity index (χ2n) is 7.24. The predicted octanol–water partition coefficient (Wildman–Crippen LogP) is 4.95. The van der Waals surface area contributed by atoms with Crippen LogP contribution in [-0.2, 0) is 16.4 Å². The molecule has 1 aromatic heterocycles. The Labute approximate surface area is 181 Å². The maximum atomic E-state index is 13.6. The van der Waals surface area contributed by atoms with Gasteiger partial charge in [-0.25, -0.2) is 22.6 Å². The molecule has 0 aliphatic carbocycles. The molecule has 31 heavy (non-hydrogen) atoms. The Balaban J connectivity index is 2.01. The molecule has 0 unspecified atom stereocenters. The standard InChI is InChI=1S/C24H22FN3O2S/c1-2-6-22-23(17-9-13-19(25)14-10-17)24(28(27-22)20-7-4-3-5-8-20)18-11-15-21(16-12-18)31(26,29)30/h3-5,7-16H,2,6H2,1H3,(H2,26,29,30). The fraction of sp³-hybridized carbons (Fsp3) is 0.125. The molecule has 3 aromatic carbocycles. The molecule has 0 amide bonds. The number of hydrogen-bond acceptors (Lipinski definition) is 3. The number of para-hydroxylation sites is 1. The molecule has 2 N–H and O–H groups in total. The Morgan fingerprint density at radius 1 is 0.903 bits per heavy atom. The summed E-state index contributed by atoms with van der Waals surface area (Å²) in [6, 6.07) is 22.5. The van der Waals surface area contributed by atoms with Crippen molar-refractivity contribution in [3.8, 4) is 28.1 Å². The fourth-order valence-corrected chi connectivity index (χ4v) is 4.14. The zero-order valence-corrected chi connectivity index (χ0v) is 17.8. The quantitative estimate of drug-likeness (QED) is 0.466. The summed E-state index contributed by atoms with van der Waals surface area (Å²) in [5, 5.41) is 10.2. The van der Waals surface area contributed by atoms with Crippen molar-refractivity contribution in [3.63, 3.8) is 0 Å². The van der Waals surface area contributed by atoms with Crippen molar-refractivity contribution in [3.05, 3.63) is 90.4 Å². The van der Waals surface area contributed by atoms with Crippen molar-refractivity contribution in [2.75, 3.05) is 0 Å². The highest BCUT2D eigenvalue weighted by atomic mass is 32.2. The lowest BCUT2D eigenvalue weighted by molar-refractivity contribution is 0.598. The molecule has 0 aliphatic heterocycles. The van der Waals surface area contributed by atoms with E-state index in [0.29, 0.717) is 0 Å². The lowest BCUT2D eigenvalue weighted by Crippen LogP contribution is -2.11. The molecule has 0 radical (unpaired) electrons. The van der Waals surface area contributed by atoms with E-state index in [1.54, 1.807) is 24.3 Å². The summed E-state index contributed by atoms with van der Waals surface area (Å²) >= 11 is 0. The van der Waals surface area contributed by atoms with E-state index in [1.165, 1.54) is 24.3 Å². The van der Waals surface area contributed by atoms with Gasteiger partial charge in [-0.15, -0.1) is 0 Å². The molecule has 1 heterocycles. The Morgan fingerprint density at radius 2 is 1.52 bits per heavy atom. The van der Waals surface area contributed by atoms with Crippen LogP contribution in [0.25, 0.3) is 28.1 Å². The molecule has 0 spiro atoms. The fourth-order valence-electron chi connectivity index (χ4n) is 3.62. The first kappa shape index (κ1) is 21.0. The summed E-state index contributed by atoms with van der Waals surface area (Å²) in [5.41, 5.74) is 5.10. The van der Waals surface area contributed by atoms with Gasteiger partial charge in [-0.1, -0.05) is 55.8 Å². The number of nitrogens with two attached hydrogens (primary N) is 1. The number of aromatic nitrogens is 2. The second kappa shape index (κ2) is 8.45. The van der Waals surface area contributed by atoms with Crippen LogP contribution < -0.4 is 5.14 Å². The second-order valence-corrected chi connectivity index (χ2v) is 8.81. The predicted molar refractivity (Wildman–Crippen MR) is 120 cm³/mol. The van der Waals surface area contributed by atoms with Crippen LogP contribution in [0, 0.1) is 5.82 Å². The van der Waals surface area contributed by atoms with Gasteiger partial charge in [-0.3, -0.25) is 0 Å². The van der Waals surface area contributed by atoms with E-state index in [1.807, 2.05) is 35.0 Å². The number of rotatable bonds is 6. The Morgan fingerprint density at radius 3 is 2.10 bits per heavy atom. The molecule has 0 atom stereocenters. The highest BCUT2D eigenvalue weighted by Gasteiger charge is 2.22. The van der Waals surface area contributed by atoms with Crippen LogP contribution in [0.3, 0.4) is 0 Å². The SMILES string of the molecule is CCCc1nn(-c2ccccc2)c(-c2ccc(S(N)(=O)=O)cc2)c1-c1ccc(F)cc1. The molecular weight excluding hydrogens is 413 g/mol. The van der Waals surface area contributed by atoms with Gasteiger partial charge in [-0.2, -0.15) is 5.10 Å². The lowest BCUT2D eigenvalue weighted by Gasteiger charge is -2.11. The van der Waals surface area contributed by atoms with Crippen molar-refractivity contribution in [1.82, 2.24) is 9.78 Å². The first-order chi connectivity index (χ1) is 14.9. The molecule has 0 bridgehead atoms. The number of aryl methyl sites for hydroxylation is 1. The summed E-state index contributed by atoms with van der Waals surface area (Å²) in [6.45, 7) is 2.08. The van der Waals surface area contributed by atoms with E-state index >= 15 is 0 Å². The molecule has 7 heteroatoms. The molecule has 0 saturated heterocycles. The first-order valence-corrected chi connectivity index (χ1v) is 11.5. The Hall–Kier alpha value is -3.29. The van der Waals surface area contributed by atoms with Gasteiger partial charge in [-0.05, 0) is 48.4 Å². The first-order valence-electron chi connectivity index (χ1n) is 9.95. The van der Waals surface area contributed by atoms with Gasteiger partial charge < -0.3 is 0 Å². The van der Waals surface area contributed by atoms with Gasteiger partial charge >= 0.3 is 0 Å². The van der Waals surface area contributed by atoms with Crippen molar-refractivity contribution in [2.45, 2.75) is 24.7 Å². The van der Waals surface area contributed by atoms with Gasteiger partial charge in [0.05, 0.1) is 22.0 Å². The molecule has 0 saturated carbocycles. The van der Waals surface area contributed by atoms with Crippen molar-refractivity contribution in [1.29, 1.82) is 0 Å². The van der Waals surface area contributed by atoms with Crippen molar-refractivity contribution < 1.29 is 12.8 Å². The maximum absolute atomic E-state index is 13.6. The third kappa shape index (κ3) is 4.28. The molecule has 158 valence electrons. The highest BCUT2D eigenvalue weighted by molar-refractivity contribution is 7.89. The third-order valence-corrected chi connectivity index (χ3v) is 5.96. The minimum Gasteiger partial charge on any atom is -0.232 e. The van der Waals surface area contributed by atoms with Crippen LogP contribution in [0.5, 0.6) is 0 Å². The molecule has 5 nitrogen and oxygen atoms in total. The molecule has 0 fully saturated rings. The topological polar surface area (TPSA) is 78.0 Å². The number of sulfonamides is 1.